The van der Waals surface area contributed by atoms with Gasteiger partial charge in [-0.25, -0.2) is 0 Å². The standard InChI is InChI=1S/C14H20O/c1-3-7-14(12(2)15)11-10-13-8-5-4-6-9-13/h4-6,8-9,14H,3,7,10-11H2,1-2H3. The van der Waals surface area contributed by atoms with Gasteiger partial charge in [-0.3, -0.25) is 4.79 Å². The maximum Gasteiger partial charge on any atom is 0.132 e. The molecule has 82 valence electrons. The first-order valence-electron chi connectivity index (χ1n) is 5.78. The molecule has 0 saturated carbocycles. The smallest absolute Gasteiger partial charge is 0.132 e. The van der Waals surface area contributed by atoms with Crippen LogP contribution in [0.25, 0.3) is 0 Å². The van der Waals surface area contributed by atoms with Gasteiger partial charge in [0.2, 0.25) is 0 Å². The molecule has 1 heteroatoms. The Morgan fingerprint density at radius 3 is 2.40 bits per heavy atom. The van der Waals surface area contributed by atoms with Gasteiger partial charge in [0.15, 0.2) is 0 Å². The average molecular weight is 204 g/mol. The minimum atomic E-state index is 0.259. The van der Waals surface area contributed by atoms with Crippen molar-refractivity contribution in [3.05, 3.63) is 35.9 Å². The van der Waals surface area contributed by atoms with E-state index in [1.807, 2.05) is 6.07 Å². The van der Waals surface area contributed by atoms with Crippen LogP contribution in [0.2, 0.25) is 0 Å². The summed E-state index contributed by atoms with van der Waals surface area (Å²) in [5, 5.41) is 0. The zero-order chi connectivity index (χ0) is 11.1. The molecule has 0 N–H and O–H groups in total. The lowest BCUT2D eigenvalue weighted by atomic mass is 9.92. The topological polar surface area (TPSA) is 17.1 Å². The van der Waals surface area contributed by atoms with Crippen LogP contribution in [-0.2, 0) is 11.2 Å². The molecule has 0 heterocycles. The molecular formula is C14H20O. The summed E-state index contributed by atoms with van der Waals surface area (Å²) in [7, 11) is 0. The number of aryl methyl sites for hydroxylation is 1. The lowest BCUT2D eigenvalue weighted by Crippen LogP contribution is -2.11. The Kier molecular flexibility index (Phi) is 5.09. The van der Waals surface area contributed by atoms with Gasteiger partial charge in [-0.15, -0.1) is 0 Å². The van der Waals surface area contributed by atoms with Gasteiger partial charge < -0.3 is 0 Å². The summed E-state index contributed by atoms with van der Waals surface area (Å²) in [5.74, 6) is 0.600. The normalized spacial score (nSPS) is 12.4. The number of carbonyl (C=O) groups is 1. The van der Waals surface area contributed by atoms with Crippen LogP contribution < -0.4 is 0 Å². The number of hydrogen-bond acceptors (Lipinski definition) is 1. The lowest BCUT2D eigenvalue weighted by Gasteiger charge is -2.12. The zero-order valence-electron chi connectivity index (χ0n) is 9.70. The molecule has 1 aromatic rings. The highest BCUT2D eigenvalue weighted by molar-refractivity contribution is 5.78. The Balaban J connectivity index is 2.43. The zero-order valence-corrected chi connectivity index (χ0v) is 9.70. The highest BCUT2D eigenvalue weighted by atomic mass is 16.1. The Labute approximate surface area is 92.5 Å². The summed E-state index contributed by atoms with van der Waals surface area (Å²) in [6.45, 7) is 3.85. The van der Waals surface area contributed by atoms with Crippen molar-refractivity contribution in [2.24, 2.45) is 5.92 Å². The van der Waals surface area contributed by atoms with E-state index in [0.717, 1.165) is 25.7 Å². The second kappa shape index (κ2) is 6.39. The van der Waals surface area contributed by atoms with E-state index in [1.54, 1.807) is 6.92 Å². The van der Waals surface area contributed by atoms with E-state index in [9.17, 15) is 4.79 Å². The summed E-state index contributed by atoms with van der Waals surface area (Å²) in [6, 6.07) is 10.4. The number of carbonyl (C=O) groups excluding carboxylic acids is 1. The van der Waals surface area contributed by atoms with Gasteiger partial charge >= 0.3 is 0 Å². The highest BCUT2D eigenvalue weighted by Gasteiger charge is 2.12. The third kappa shape index (κ3) is 4.28. The molecule has 1 nitrogen and oxygen atoms in total. The molecule has 0 aliphatic carbocycles. The lowest BCUT2D eigenvalue weighted by molar-refractivity contribution is -0.121. The molecule has 1 aromatic carbocycles. The van der Waals surface area contributed by atoms with E-state index < -0.39 is 0 Å². The fourth-order valence-electron chi connectivity index (χ4n) is 1.88. The van der Waals surface area contributed by atoms with Crippen LogP contribution in [0, 0.1) is 5.92 Å². The molecule has 0 aliphatic rings. The van der Waals surface area contributed by atoms with Crippen LogP contribution in [0.15, 0.2) is 30.3 Å². The second-order valence-electron chi connectivity index (χ2n) is 4.12. The molecule has 15 heavy (non-hydrogen) atoms. The van der Waals surface area contributed by atoms with Crippen molar-refractivity contribution in [1.82, 2.24) is 0 Å². The van der Waals surface area contributed by atoms with E-state index in [4.69, 9.17) is 0 Å². The van der Waals surface area contributed by atoms with Gasteiger partial charge in [-0.05, 0) is 31.7 Å². The van der Waals surface area contributed by atoms with Crippen molar-refractivity contribution in [3.8, 4) is 0 Å². The first-order valence-corrected chi connectivity index (χ1v) is 5.78. The molecule has 0 saturated heterocycles. The van der Waals surface area contributed by atoms with Gasteiger partial charge in [-0.2, -0.15) is 0 Å². The molecule has 0 amide bonds. The van der Waals surface area contributed by atoms with Crippen LogP contribution in [0.3, 0.4) is 0 Å². The second-order valence-corrected chi connectivity index (χ2v) is 4.12. The van der Waals surface area contributed by atoms with E-state index in [1.165, 1.54) is 5.56 Å². The van der Waals surface area contributed by atoms with Crippen molar-refractivity contribution in [3.63, 3.8) is 0 Å². The Hall–Kier alpha value is -1.11. The predicted molar refractivity (Wildman–Crippen MR) is 63.8 cm³/mol. The van der Waals surface area contributed by atoms with Crippen molar-refractivity contribution >= 4 is 5.78 Å². The van der Waals surface area contributed by atoms with Gasteiger partial charge in [-0.1, -0.05) is 43.7 Å². The van der Waals surface area contributed by atoms with Crippen LogP contribution in [0.5, 0.6) is 0 Å². The number of rotatable bonds is 6. The number of hydrogen-bond donors (Lipinski definition) is 0. The van der Waals surface area contributed by atoms with Gasteiger partial charge in [0.05, 0.1) is 0 Å². The molecule has 1 unspecified atom stereocenters. The summed E-state index contributed by atoms with van der Waals surface area (Å²) in [5.41, 5.74) is 1.33. The van der Waals surface area contributed by atoms with Gasteiger partial charge in [0.25, 0.3) is 0 Å². The maximum absolute atomic E-state index is 11.4. The van der Waals surface area contributed by atoms with Crippen molar-refractivity contribution in [2.45, 2.75) is 39.5 Å². The first-order chi connectivity index (χ1) is 7.24. The van der Waals surface area contributed by atoms with E-state index in [-0.39, 0.29) is 5.92 Å². The monoisotopic (exact) mass is 204 g/mol. The summed E-state index contributed by atoms with van der Waals surface area (Å²) < 4.78 is 0. The average Bonchev–Trinajstić information content (AvgIpc) is 2.25. The van der Waals surface area contributed by atoms with E-state index in [0.29, 0.717) is 5.78 Å². The Bertz CT molecular complexity index is 289. The molecule has 0 aromatic heterocycles. The molecule has 1 rings (SSSR count). The van der Waals surface area contributed by atoms with Crippen LogP contribution in [-0.4, -0.2) is 5.78 Å². The quantitative estimate of drug-likeness (QED) is 0.691. The largest absolute Gasteiger partial charge is 0.300 e. The molecule has 0 aliphatic heterocycles. The molecule has 0 bridgehead atoms. The van der Waals surface area contributed by atoms with Crippen LogP contribution in [0.1, 0.15) is 38.7 Å². The van der Waals surface area contributed by atoms with Crippen molar-refractivity contribution < 1.29 is 4.79 Å². The third-order valence-electron chi connectivity index (χ3n) is 2.84. The highest BCUT2D eigenvalue weighted by Crippen LogP contribution is 2.15. The molecule has 1 atom stereocenters. The van der Waals surface area contributed by atoms with Gasteiger partial charge in [0.1, 0.15) is 5.78 Å². The maximum atomic E-state index is 11.4. The summed E-state index contributed by atoms with van der Waals surface area (Å²) >= 11 is 0. The minimum absolute atomic E-state index is 0.259. The van der Waals surface area contributed by atoms with Gasteiger partial charge in [0, 0.05) is 5.92 Å². The summed E-state index contributed by atoms with van der Waals surface area (Å²) in [6.07, 6.45) is 4.14. The Morgan fingerprint density at radius 1 is 1.20 bits per heavy atom. The van der Waals surface area contributed by atoms with E-state index in [2.05, 4.69) is 31.2 Å². The fourth-order valence-corrected chi connectivity index (χ4v) is 1.88. The number of Topliss-reactive ketones (excluding diaryl/α,β-unsaturated/α-hetero) is 1. The predicted octanol–water partition coefficient (Wildman–Crippen LogP) is 3.62. The van der Waals surface area contributed by atoms with Crippen molar-refractivity contribution in [1.29, 1.82) is 0 Å². The number of ketones is 1. The SMILES string of the molecule is CCCC(CCc1ccccc1)C(C)=O. The third-order valence-corrected chi connectivity index (χ3v) is 2.84. The summed E-state index contributed by atoms with van der Waals surface area (Å²) in [4.78, 5) is 11.4. The fraction of sp³-hybridized carbons (Fsp3) is 0.500. The first kappa shape index (κ1) is 12.0. The molecule has 0 spiro atoms. The van der Waals surface area contributed by atoms with E-state index >= 15 is 0 Å². The number of benzene rings is 1. The van der Waals surface area contributed by atoms with Crippen molar-refractivity contribution in [2.75, 3.05) is 0 Å². The molecule has 0 fully saturated rings. The Morgan fingerprint density at radius 2 is 1.87 bits per heavy atom. The van der Waals surface area contributed by atoms with Crippen LogP contribution >= 0.6 is 0 Å². The molecular weight excluding hydrogens is 184 g/mol. The minimum Gasteiger partial charge on any atom is -0.300 e. The van der Waals surface area contributed by atoms with Crippen LogP contribution in [0.4, 0.5) is 0 Å². The molecule has 0 radical (unpaired) electrons.